The quantitative estimate of drug-likeness (QED) is 0.688. The molecule has 0 saturated carbocycles. The average Bonchev–Trinajstić information content (AvgIpc) is 2.79. The fraction of sp³-hybridized carbons (Fsp3) is 0.357. The molecule has 0 bridgehead atoms. The van der Waals surface area contributed by atoms with E-state index in [0.29, 0.717) is 0 Å². The van der Waals surface area contributed by atoms with Gasteiger partial charge in [-0.25, -0.2) is 4.98 Å². The molecular weight excluding hydrogens is 214 g/mol. The van der Waals surface area contributed by atoms with Crippen molar-refractivity contribution >= 4 is 11.3 Å². The lowest BCUT2D eigenvalue weighted by atomic mass is 10.2. The number of thiazole rings is 1. The molecule has 0 saturated heterocycles. The highest BCUT2D eigenvalue weighted by molar-refractivity contribution is 7.09. The van der Waals surface area contributed by atoms with Crippen LogP contribution in [0.5, 0.6) is 0 Å². The van der Waals surface area contributed by atoms with Gasteiger partial charge in [-0.05, 0) is 12.8 Å². The van der Waals surface area contributed by atoms with Gasteiger partial charge < -0.3 is 0 Å². The molecule has 0 atom stereocenters. The number of aromatic nitrogens is 1. The first kappa shape index (κ1) is 11.3. The third-order valence-corrected chi connectivity index (χ3v) is 3.52. The predicted molar refractivity (Wildman–Crippen MR) is 70.8 cm³/mol. The Kier molecular flexibility index (Phi) is 4.11. The summed E-state index contributed by atoms with van der Waals surface area (Å²) in [6, 6.07) is 10.4. The lowest BCUT2D eigenvalue weighted by Crippen LogP contribution is -1.84. The molecule has 1 nitrogen and oxygen atoms in total. The highest BCUT2D eigenvalue weighted by atomic mass is 32.1. The van der Waals surface area contributed by atoms with Crippen LogP contribution in [0.3, 0.4) is 0 Å². The van der Waals surface area contributed by atoms with Gasteiger partial charge in [0.2, 0.25) is 0 Å². The Morgan fingerprint density at radius 3 is 2.69 bits per heavy atom. The molecule has 0 N–H and O–H groups in total. The zero-order valence-corrected chi connectivity index (χ0v) is 10.5. The summed E-state index contributed by atoms with van der Waals surface area (Å²) in [7, 11) is 0. The molecule has 1 aromatic carbocycles. The van der Waals surface area contributed by atoms with E-state index in [4.69, 9.17) is 0 Å². The summed E-state index contributed by atoms with van der Waals surface area (Å²) < 4.78 is 0. The first-order valence-electron chi connectivity index (χ1n) is 5.90. The summed E-state index contributed by atoms with van der Waals surface area (Å²) in [4.78, 5) is 4.67. The van der Waals surface area contributed by atoms with Crippen LogP contribution in [0.4, 0.5) is 0 Å². The summed E-state index contributed by atoms with van der Waals surface area (Å²) in [6.07, 6.45) is 4.97. The summed E-state index contributed by atoms with van der Waals surface area (Å²) in [5, 5.41) is 3.43. The Morgan fingerprint density at radius 2 is 1.94 bits per heavy atom. The minimum atomic E-state index is 1.12. The molecular formula is C14H17NS. The van der Waals surface area contributed by atoms with E-state index in [9.17, 15) is 0 Å². The largest absolute Gasteiger partial charge is 0.241 e. The maximum absolute atomic E-state index is 4.67. The van der Waals surface area contributed by atoms with Gasteiger partial charge in [-0.3, -0.25) is 0 Å². The van der Waals surface area contributed by atoms with Gasteiger partial charge in [0.05, 0.1) is 10.7 Å². The second kappa shape index (κ2) is 5.80. The molecule has 1 aromatic heterocycles. The Morgan fingerprint density at radius 1 is 1.12 bits per heavy atom. The number of aryl methyl sites for hydroxylation is 1. The molecule has 1 heterocycles. The lowest BCUT2D eigenvalue weighted by Gasteiger charge is -1.95. The third-order valence-electron chi connectivity index (χ3n) is 2.62. The summed E-state index contributed by atoms with van der Waals surface area (Å²) in [5.41, 5.74) is 2.34. The van der Waals surface area contributed by atoms with Crippen LogP contribution in [0.2, 0.25) is 0 Å². The normalized spacial score (nSPS) is 10.6. The molecule has 2 rings (SSSR count). The Balaban J connectivity index is 2.02. The van der Waals surface area contributed by atoms with E-state index < -0.39 is 0 Å². The molecule has 0 aliphatic heterocycles. The van der Waals surface area contributed by atoms with Crippen LogP contribution in [0.25, 0.3) is 11.3 Å². The van der Waals surface area contributed by atoms with Gasteiger partial charge in [0.1, 0.15) is 0 Å². The van der Waals surface area contributed by atoms with Crippen molar-refractivity contribution in [2.75, 3.05) is 0 Å². The minimum Gasteiger partial charge on any atom is -0.241 e. The van der Waals surface area contributed by atoms with Crippen molar-refractivity contribution in [3.05, 3.63) is 40.7 Å². The zero-order chi connectivity index (χ0) is 11.2. The average molecular weight is 231 g/mol. The number of unbranched alkanes of at least 4 members (excludes halogenated alkanes) is 2. The Hall–Kier alpha value is -1.15. The molecule has 2 heteroatoms. The first-order valence-corrected chi connectivity index (χ1v) is 6.78. The van der Waals surface area contributed by atoms with Gasteiger partial charge in [-0.1, -0.05) is 50.1 Å². The minimum absolute atomic E-state index is 1.12. The number of rotatable bonds is 5. The lowest BCUT2D eigenvalue weighted by molar-refractivity contribution is 0.715. The van der Waals surface area contributed by atoms with Gasteiger partial charge >= 0.3 is 0 Å². The summed E-state index contributed by atoms with van der Waals surface area (Å²) in [6.45, 7) is 2.23. The van der Waals surface area contributed by atoms with Gasteiger partial charge in [0.15, 0.2) is 0 Å². The molecule has 84 valence electrons. The van der Waals surface area contributed by atoms with Gasteiger partial charge in [-0.2, -0.15) is 0 Å². The first-order chi connectivity index (χ1) is 7.90. The van der Waals surface area contributed by atoms with E-state index in [1.54, 1.807) is 11.3 Å². The molecule has 0 spiro atoms. The van der Waals surface area contributed by atoms with Crippen LogP contribution < -0.4 is 0 Å². The van der Waals surface area contributed by atoms with E-state index in [1.807, 2.05) is 6.07 Å². The van der Waals surface area contributed by atoms with Crippen molar-refractivity contribution in [1.82, 2.24) is 4.98 Å². The SMILES string of the molecule is CCCCCc1nc(-c2ccccc2)cs1. The number of nitrogens with zero attached hydrogens (tertiary/aromatic N) is 1. The zero-order valence-electron chi connectivity index (χ0n) is 9.65. The van der Waals surface area contributed by atoms with Gasteiger partial charge in [0, 0.05) is 10.9 Å². The summed E-state index contributed by atoms with van der Waals surface area (Å²) in [5.74, 6) is 0. The summed E-state index contributed by atoms with van der Waals surface area (Å²) >= 11 is 1.78. The van der Waals surface area contributed by atoms with Gasteiger partial charge in [-0.15, -0.1) is 11.3 Å². The van der Waals surface area contributed by atoms with E-state index >= 15 is 0 Å². The second-order valence-corrected chi connectivity index (χ2v) is 4.89. The highest BCUT2D eigenvalue weighted by Gasteiger charge is 2.03. The van der Waals surface area contributed by atoms with Crippen LogP contribution >= 0.6 is 11.3 Å². The fourth-order valence-corrected chi connectivity index (χ4v) is 2.54. The molecule has 16 heavy (non-hydrogen) atoms. The van der Waals surface area contributed by atoms with Crippen LogP contribution in [-0.2, 0) is 6.42 Å². The van der Waals surface area contributed by atoms with Crippen molar-refractivity contribution in [1.29, 1.82) is 0 Å². The van der Waals surface area contributed by atoms with Crippen LogP contribution in [-0.4, -0.2) is 4.98 Å². The number of benzene rings is 1. The fourth-order valence-electron chi connectivity index (χ4n) is 1.69. The predicted octanol–water partition coefficient (Wildman–Crippen LogP) is 4.54. The molecule has 0 fully saturated rings. The Bertz CT molecular complexity index is 419. The van der Waals surface area contributed by atoms with Crippen molar-refractivity contribution in [3.8, 4) is 11.3 Å². The smallest absolute Gasteiger partial charge is 0.0932 e. The molecule has 0 aliphatic rings. The third kappa shape index (κ3) is 2.92. The second-order valence-electron chi connectivity index (χ2n) is 3.95. The number of hydrogen-bond donors (Lipinski definition) is 0. The monoisotopic (exact) mass is 231 g/mol. The maximum atomic E-state index is 4.67. The van der Waals surface area contributed by atoms with E-state index in [2.05, 4.69) is 41.6 Å². The molecule has 0 radical (unpaired) electrons. The van der Waals surface area contributed by atoms with Crippen molar-refractivity contribution in [2.45, 2.75) is 32.6 Å². The van der Waals surface area contributed by atoms with Crippen molar-refractivity contribution < 1.29 is 0 Å². The molecule has 2 aromatic rings. The highest BCUT2D eigenvalue weighted by Crippen LogP contribution is 2.22. The van der Waals surface area contributed by atoms with Crippen LogP contribution in [0.1, 0.15) is 31.2 Å². The van der Waals surface area contributed by atoms with Crippen molar-refractivity contribution in [2.24, 2.45) is 0 Å². The molecule has 0 unspecified atom stereocenters. The standard InChI is InChI=1S/C14H17NS/c1-2-3-5-10-14-15-13(11-16-14)12-8-6-4-7-9-12/h4,6-9,11H,2-3,5,10H2,1H3. The van der Waals surface area contributed by atoms with Crippen LogP contribution in [0.15, 0.2) is 35.7 Å². The topological polar surface area (TPSA) is 12.9 Å². The van der Waals surface area contributed by atoms with E-state index in [0.717, 1.165) is 12.1 Å². The molecule has 0 amide bonds. The Labute approximate surface area is 101 Å². The molecule has 0 aliphatic carbocycles. The van der Waals surface area contributed by atoms with Gasteiger partial charge in [0.25, 0.3) is 0 Å². The van der Waals surface area contributed by atoms with E-state index in [-0.39, 0.29) is 0 Å². The van der Waals surface area contributed by atoms with Crippen LogP contribution in [0, 0.1) is 0 Å². The maximum Gasteiger partial charge on any atom is 0.0932 e. The van der Waals surface area contributed by atoms with E-state index in [1.165, 1.54) is 29.8 Å². The number of hydrogen-bond acceptors (Lipinski definition) is 2. The van der Waals surface area contributed by atoms with Crippen molar-refractivity contribution in [3.63, 3.8) is 0 Å².